The number of nitro benzene ring substituents is 1. The van der Waals surface area contributed by atoms with Crippen molar-refractivity contribution in [2.75, 3.05) is 18.7 Å². The van der Waals surface area contributed by atoms with Crippen LogP contribution in [0.5, 0.6) is 11.5 Å². The molecule has 0 bridgehead atoms. The second kappa shape index (κ2) is 7.84. The van der Waals surface area contributed by atoms with Crippen LogP contribution >= 0.6 is 9.24 Å². The molecular weight excluding hydrogens is 438 g/mol. The van der Waals surface area contributed by atoms with Gasteiger partial charge in [-0.2, -0.15) is 4.98 Å². The van der Waals surface area contributed by atoms with Crippen LogP contribution in [0.2, 0.25) is 0 Å². The van der Waals surface area contributed by atoms with Gasteiger partial charge in [0.25, 0.3) is 11.6 Å². The van der Waals surface area contributed by atoms with E-state index in [2.05, 4.69) is 10.3 Å². The van der Waals surface area contributed by atoms with Crippen molar-refractivity contribution >= 4 is 26.7 Å². The molecule has 3 heterocycles. The number of aliphatic hydroxyl groups is 1. The molecule has 31 heavy (non-hydrogen) atoms. The summed E-state index contributed by atoms with van der Waals surface area (Å²) in [4.78, 5) is 39.2. The number of nitrogens with zero attached hydrogens (tertiary/aromatic N) is 3. The Morgan fingerprint density at radius 1 is 1.45 bits per heavy atom. The average molecular weight is 454 g/mol. The Labute approximate surface area is 175 Å². The quantitative estimate of drug-likeness (QED) is 0.382. The van der Waals surface area contributed by atoms with Crippen molar-refractivity contribution < 1.29 is 33.4 Å². The summed E-state index contributed by atoms with van der Waals surface area (Å²) in [7, 11) is 1.96. The van der Waals surface area contributed by atoms with Crippen LogP contribution < -0.4 is 20.5 Å². The molecule has 1 amide bonds. The summed E-state index contributed by atoms with van der Waals surface area (Å²) in [5, 5.41) is 20.8. The lowest BCUT2D eigenvalue weighted by molar-refractivity contribution is -0.385. The minimum atomic E-state index is -2.00. The van der Waals surface area contributed by atoms with Crippen LogP contribution in [0.25, 0.3) is 0 Å². The highest BCUT2D eigenvalue weighted by atomic mass is 31.0. The molecule has 2 aliphatic rings. The number of fused-ring (bicyclic) bond motifs is 1. The highest BCUT2D eigenvalue weighted by molar-refractivity contribution is 7.18. The van der Waals surface area contributed by atoms with E-state index in [1.807, 2.05) is 9.24 Å². The second-order valence-electron chi connectivity index (χ2n) is 6.86. The zero-order valence-electron chi connectivity index (χ0n) is 15.7. The minimum Gasteiger partial charge on any atom is -0.454 e. The third-order valence-electron chi connectivity index (χ3n) is 4.73. The van der Waals surface area contributed by atoms with Gasteiger partial charge in [0.05, 0.1) is 23.7 Å². The minimum absolute atomic E-state index is 0.133. The van der Waals surface area contributed by atoms with Gasteiger partial charge in [-0.3, -0.25) is 19.5 Å². The number of aliphatic hydroxyl groups excluding tert-OH is 1. The monoisotopic (exact) mass is 454 g/mol. The summed E-state index contributed by atoms with van der Waals surface area (Å²) in [5.41, 5.74) is -1.77. The number of carbonyl (C=O) groups is 1. The van der Waals surface area contributed by atoms with Crippen LogP contribution in [-0.4, -0.2) is 50.4 Å². The molecule has 0 saturated carbocycles. The van der Waals surface area contributed by atoms with Crippen LogP contribution in [0.4, 0.5) is 15.9 Å². The molecule has 0 radical (unpaired) electrons. The van der Waals surface area contributed by atoms with Gasteiger partial charge in [-0.25, -0.2) is 9.18 Å². The number of anilines is 1. The number of nitro groups is 1. The lowest BCUT2D eigenvalue weighted by Gasteiger charge is -2.22. The zero-order chi connectivity index (χ0) is 22.3. The lowest BCUT2D eigenvalue weighted by Crippen LogP contribution is -2.34. The van der Waals surface area contributed by atoms with Gasteiger partial charge in [0.1, 0.15) is 11.4 Å². The molecule has 0 aliphatic carbocycles. The van der Waals surface area contributed by atoms with Gasteiger partial charge >= 0.3 is 5.69 Å². The van der Waals surface area contributed by atoms with E-state index in [1.54, 1.807) is 0 Å². The number of hydrogen-bond acceptors (Lipinski definition) is 9. The van der Waals surface area contributed by atoms with Crippen LogP contribution in [0, 0.1) is 10.1 Å². The van der Waals surface area contributed by atoms with Crippen LogP contribution in [0.3, 0.4) is 0 Å². The maximum absolute atomic E-state index is 14.7. The predicted octanol–water partition coefficient (Wildman–Crippen LogP) is 0.953. The van der Waals surface area contributed by atoms with Crippen LogP contribution in [0.1, 0.15) is 23.0 Å². The maximum Gasteiger partial charge on any atom is 0.351 e. The van der Waals surface area contributed by atoms with E-state index >= 15 is 0 Å². The van der Waals surface area contributed by atoms with Gasteiger partial charge in [0.2, 0.25) is 6.79 Å². The van der Waals surface area contributed by atoms with Gasteiger partial charge in [-0.1, -0.05) is 9.24 Å². The van der Waals surface area contributed by atoms with Crippen LogP contribution in [0.15, 0.2) is 29.2 Å². The van der Waals surface area contributed by atoms with E-state index in [1.165, 1.54) is 12.3 Å². The fourth-order valence-corrected chi connectivity index (χ4v) is 3.81. The third kappa shape index (κ3) is 3.94. The highest BCUT2D eigenvalue weighted by Crippen LogP contribution is 2.45. The van der Waals surface area contributed by atoms with E-state index in [0.717, 1.165) is 16.7 Å². The fourth-order valence-electron chi connectivity index (χ4n) is 3.31. The summed E-state index contributed by atoms with van der Waals surface area (Å²) in [5.74, 6) is -0.814. The number of amides is 1. The van der Waals surface area contributed by atoms with Crippen LogP contribution in [-0.2, 0) is 4.74 Å². The number of aromatic nitrogens is 2. The predicted molar refractivity (Wildman–Crippen MR) is 105 cm³/mol. The number of nitrogens with one attached hydrogen (secondary N) is 1. The van der Waals surface area contributed by atoms with Gasteiger partial charge in [-0.15, -0.1) is 0 Å². The molecule has 1 saturated heterocycles. The number of ether oxygens (including phenoxy) is 3. The van der Waals surface area contributed by atoms with Gasteiger partial charge in [0, 0.05) is 18.7 Å². The molecule has 4 rings (SSSR count). The third-order valence-corrected chi connectivity index (χ3v) is 5.25. The van der Waals surface area contributed by atoms with E-state index in [0.29, 0.717) is 0 Å². The normalized spacial score (nSPS) is 24.2. The SMILES string of the molecule is O=C(Nc1ccn(C2OC(CO)CC2(F)P)c(=O)n1)c1cc2c(cc1[N+](=O)[O-])OCO2. The Balaban J connectivity index is 1.59. The molecule has 1 aromatic heterocycles. The Morgan fingerprint density at radius 2 is 2.16 bits per heavy atom. The van der Waals surface area contributed by atoms with Gasteiger partial charge in [0.15, 0.2) is 23.1 Å². The number of rotatable bonds is 5. The number of hydrogen-bond donors (Lipinski definition) is 2. The van der Waals surface area contributed by atoms with Gasteiger partial charge < -0.3 is 24.6 Å². The molecule has 14 heteroatoms. The topological polar surface area (TPSA) is 155 Å². The van der Waals surface area contributed by atoms with E-state index in [-0.39, 0.29) is 36.1 Å². The van der Waals surface area contributed by atoms with Crippen molar-refractivity contribution in [3.8, 4) is 11.5 Å². The standard InChI is InChI=1S/C17H16FN4O8P/c18-17(31)5-8(6-23)30-15(17)21-2-1-13(20-16(21)25)19-14(24)9-3-11-12(29-7-28-11)4-10(9)22(26)27/h1-4,8,15,23H,5-7,31H2,(H,19,20,24,25). The molecule has 12 nitrogen and oxygen atoms in total. The summed E-state index contributed by atoms with van der Waals surface area (Å²) in [6.07, 6.45) is -1.10. The van der Waals surface area contributed by atoms with Crippen molar-refractivity contribution in [1.29, 1.82) is 0 Å². The van der Waals surface area contributed by atoms with Crippen molar-refractivity contribution in [2.45, 2.75) is 24.2 Å². The molecule has 2 N–H and O–H groups in total. The second-order valence-corrected chi connectivity index (χ2v) is 7.82. The Kier molecular flexibility index (Phi) is 5.33. The molecule has 2 aromatic rings. The smallest absolute Gasteiger partial charge is 0.351 e. The number of benzene rings is 1. The summed E-state index contributed by atoms with van der Waals surface area (Å²) >= 11 is 0. The largest absolute Gasteiger partial charge is 0.454 e. The number of alkyl halides is 1. The number of carbonyl (C=O) groups excluding carboxylic acids is 1. The summed E-state index contributed by atoms with van der Waals surface area (Å²) in [6.45, 7) is -0.551. The fraction of sp³-hybridized carbons (Fsp3) is 0.353. The van der Waals surface area contributed by atoms with E-state index in [9.17, 15) is 29.2 Å². The van der Waals surface area contributed by atoms with Crippen molar-refractivity contribution in [2.24, 2.45) is 0 Å². The first-order valence-corrected chi connectivity index (χ1v) is 9.50. The summed E-state index contributed by atoms with van der Waals surface area (Å²) < 4.78 is 31.2. The van der Waals surface area contributed by atoms with Crippen molar-refractivity contribution in [1.82, 2.24) is 9.55 Å². The first kappa shape index (κ1) is 21.1. The van der Waals surface area contributed by atoms with Crippen molar-refractivity contribution in [3.05, 3.63) is 50.6 Å². The molecule has 2 aliphatic heterocycles. The van der Waals surface area contributed by atoms with E-state index < -0.39 is 46.6 Å². The molecule has 4 unspecified atom stereocenters. The molecule has 1 aromatic carbocycles. The number of halogens is 1. The molecule has 4 atom stereocenters. The average Bonchev–Trinajstić information content (AvgIpc) is 3.29. The Bertz CT molecular complexity index is 1120. The lowest BCUT2D eigenvalue weighted by atomic mass is 10.1. The maximum atomic E-state index is 14.7. The molecule has 164 valence electrons. The van der Waals surface area contributed by atoms with Crippen molar-refractivity contribution in [3.63, 3.8) is 0 Å². The molecule has 0 spiro atoms. The highest BCUT2D eigenvalue weighted by Gasteiger charge is 2.47. The Hall–Kier alpha value is -3.15. The van der Waals surface area contributed by atoms with Gasteiger partial charge in [-0.05, 0) is 6.07 Å². The van der Waals surface area contributed by atoms with E-state index in [4.69, 9.17) is 14.2 Å². The first-order valence-electron chi connectivity index (χ1n) is 8.92. The zero-order valence-corrected chi connectivity index (χ0v) is 16.8. The summed E-state index contributed by atoms with van der Waals surface area (Å²) in [6, 6.07) is 3.44. The Morgan fingerprint density at radius 3 is 2.77 bits per heavy atom. The first-order chi connectivity index (χ1) is 14.7. The molecule has 1 fully saturated rings. The molecular formula is C17H16FN4O8P.